The van der Waals surface area contributed by atoms with Gasteiger partial charge in [0.25, 0.3) is 0 Å². The largest absolute Gasteiger partial charge is 0.497 e. The molecule has 1 aliphatic carbocycles. The minimum Gasteiger partial charge on any atom is -0.497 e. The van der Waals surface area contributed by atoms with E-state index in [1.54, 1.807) is 7.11 Å². The van der Waals surface area contributed by atoms with E-state index in [9.17, 15) is 14.4 Å². The summed E-state index contributed by atoms with van der Waals surface area (Å²) in [5.41, 5.74) is 0.937. The second-order valence-electron chi connectivity index (χ2n) is 6.70. The smallest absolute Gasteiger partial charge is 0.233 e. The first-order chi connectivity index (χ1) is 12.1. The lowest BCUT2D eigenvalue weighted by Crippen LogP contribution is -2.35. The molecule has 1 saturated heterocycles. The van der Waals surface area contributed by atoms with Crippen LogP contribution in [0, 0.1) is 11.8 Å². The van der Waals surface area contributed by atoms with Crippen molar-refractivity contribution in [2.24, 2.45) is 11.8 Å². The third kappa shape index (κ3) is 3.83. The highest BCUT2D eigenvalue weighted by Crippen LogP contribution is 2.37. The molecule has 1 aromatic rings. The van der Waals surface area contributed by atoms with Gasteiger partial charge >= 0.3 is 0 Å². The van der Waals surface area contributed by atoms with E-state index in [4.69, 9.17) is 4.74 Å². The number of amides is 3. The van der Waals surface area contributed by atoms with Crippen LogP contribution >= 0.6 is 0 Å². The summed E-state index contributed by atoms with van der Waals surface area (Å²) in [5.74, 6) is 0.0914. The van der Waals surface area contributed by atoms with Crippen molar-refractivity contribution >= 4 is 17.7 Å². The van der Waals surface area contributed by atoms with Crippen molar-refractivity contribution in [3.63, 3.8) is 0 Å². The number of hydrogen-bond acceptors (Lipinski definition) is 4. The van der Waals surface area contributed by atoms with Crippen LogP contribution in [0.5, 0.6) is 5.75 Å². The van der Waals surface area contributed by atoms with Gasteiger partial charge in [0.15, 0.2) is 0 Å². The fourth-order valence-electron chi connectivity index (χ4n) is 3.74. The van der Waals surface area contributed by atoms with Gasteiger partial charge in [-0.25, -0.2) is 0 Å². The molecule has 25 heavy (non-hydrogen) atoms. The van der Waals surface area contributed by atoms with Crippen LogP contribution in [0.2, 0.25) is 0 Å². The van der Waals surface area contributed by atoms with Crippen LogP contribution in [0.25, 0.3) is 0 Å². The predicted molar refractivity (Wildman–Crippen MR) is 91.6 cm³/mol. The number of imide groups is 1. The average Bonchev–Trinajstić information content (AvgIpc) is 2.89. The molecule has 134 valence electrons. The number of ether oxygens (including phenoxy) is 1. The first-order valence-corrected chi connectivity index (χ1v) is 8.85. The lowest BCUT2D eigenvalue weighted by atomic mass is 9.81. The summed E-state index contributed by atoms with van der Waals surface area (Å²) < 4.78 is 5.15. The summed E-state index contributed by atoms with van der Waals surface area (Å²) in [6.45, 7) is 0.567. The number of carbonyl (C=O) groups excluding carboxylic acids is 3. The molecule has 0 radical (unpaired) electrons. The fourth-order valence-corrected chi connectivity index (χ4v) is 3.74. The van der Waals surface area contributed by atoms with Gasteiger partial charge in [0.2, 0.25) is 17.7 Å². The summed E-state index contributed by atoms with van der Waals surface area (Å²) in [7, 11) is 1.60. The van der Waals surface area contributed by atoms with Crippen molar-refractivity contribution in [3.8, 4) is 5.75 Å². The molecule has 2 fully saturated rings. The van der Waals surface area contributed by atoms with Gasteiger partial charge in [0.1, 0.15) is 5.75 Å². The number of benzene rings is 1. The van der Waals surface area contributed by atoms with Gasteiger partial charge in [0.05, 0.1) is 18.9 Å². The Bertz CT molecular complexity index is 649. The van der Waals surface area contributed by atoms with E-state index in [2.05, 4.69) is 5.32 Å². The lowest BCUT2D eigenvalue weighted by molar-refractivity contribution is -0.140. The third-order valence-corrected chi connectivity index (χ3v) is 5.12. The first kappa shape index (κ1) is 17.5. The molecule has 2 atom stereocenters. The predicted octanol–water partition coefficient (Wildman–Crippen LogP) is 1.88. The molecule has 1 N–H and O–H groups in total. The summed E-state index contributed by atoms with van der Waals surface area (Å²) >= 11 is 0. The van der Waals surface area contributed by atoms with Crippen LogP contribution < -0.4 is 10.1 Å². The van der Waals surface area contributed by atoms with E-state index in [0.29, 0.717) is 6.54 Å². The maximum absolute atomic E-state index is 12.4. The van der Waals surface area contributed by atoms with Gasteiger partial charge in [-0.05, 0) is 30.5 Å². The standard InChI is InChI=1S/C19H24N2O4/c1-25-14-6-4-5-13(11-14)12-20-17(22)9-10-21-18(23)15-7-2-3-8-16(15)19(21)24/h4-6,11,15-16H,2-3,7-10,12H2,1H3,(H,20,22)/t15-,16-/m1/s1. The van der Waals surface area contributed by atoms with E-state index in [-0.39, 0.29) is 42.5 Å². The highest BCUT2D eigenvalue weighted by atomic mass is 16.5. The molecule has 3 rings (SSSR count). The second-order valence-corrected chi connectivity index (χ2v) is 6.70. The van der Waals surface area contributed by atoms with Crippen LogP contribution in [0.1, 0.15) is 37.7 Å². The Kier molecular flexibility index (Phi) is 5.36. The highest BCUT2D eigenvalue weighted by molar-refractivity contribution is 6.05. The van der Waals surface area contributed by atoms with Gasteiger partial charge in [-0.3, -0.25) is 19.3 Å². The average molecular weight is 344 g/mol. The summed E-state index contributed by atoms with van der Waals surface area (Å²) in [5, 5.41) is 2.82. The number of likely N-dealkylation sites (tertiary alicyclic amines) is 1. The molecule has 3 amide bonds. The molecule has 1 aliphatic heterocycles. The number of hydrogen-bond donors (Lipinski definition) is 1. The van der Waals surface area contributed by atoms with Crippen LogP contribution in [0.4, 0.5) is 0 Å². The Morgan fingerprint density at radius 1 is 1.20 bits per heavy atom. The fraction of sp³-hybridized carbons (Fsp3) is 0.526. The third-order valence-electron chi connectivity index (χ3n) is 5.12. The molecular weight excluding hydrogens is 320 g/mol. The number of nitrogens with one attached hydrogen (secondary N) is 1. The molecule has 1 aromatic carbocycles. The maximum Gasteiger partial charge on any atom is 0.233 e. The zero-order valence-corrected chi connectivity index (χ0v) is 14.5. The van der Waals surface area contributed by atoms with Crippen molar-refractivity contribution in [3.05, 3.63) is 29.8 Å². The minimum atomic E-state index is -0.168. The van der Waals surface area contributed by atoms with Crippen LogP contribution in [-0.4, -0.2) is 36.3 Å². The second kappa shape index (κ2) is 7.68. The monoisotopic (exact) mass is 344 g/mol. The summed E-state index contributed by atoms with van der Waals surface area (Å²) in [6.07, 6.45) is 3.76. The topological polar surface area (TPSA) is 75.7 Å². The SMILES string of the molecule is COc1cccc(CNC(=O)CCN2C(=O)[C@@H]3CCCC[C@H]3C2=O)c1. The van der Waals surface area contributed by atoms with Gasteiger partial charge in [-0.2, -0.15) is 0 Å². The van der Waals surface area contributed by atoms with Crippen LogP contribution in [0.15, 0.2) is 24.3 Å². The molecule has 6 heteroatoms. The molecule has 0 aromatic heterocycles. The lowest BCUT2D eigenvalue weighted by Gasteiger charge is -2.19. The van der Waals surface area contributed by atoms with Crippen molar-refractivity contribution in [1.29, 1.82) is 0 Å². The van der Waals surface area contributed by atoms with Gasteiger partial charge in [0, 0.05) is 19.5 Å². The van der Waals surface area contributed by atoms with Gasteiger partial charge in [-0.1, -0.05) is 25.0 Å². The number of rotatable bonds is 6. The van der Waals surface area contributed by atoms with Gasteiger partial charge in [-0.15, -0.1) is 0 Å². The molecule has 1 saturated carbocycles. The quantitative estimate of drug-likeness (QED) is 0.800. The van der Waals surface area contributed by atoms with E-state index in [1.165, 1.54) is 4.90 Å². The van der Waals surface area contributed by atoms with Crippen LogP contribution in [-0.2, 0) is 20.9 Å². The molecule has 1 heterocycles. The van der Waals surface area contributed by atoms with E-state index in [0.717, 1.165) is 37.0 Å². The van der Waals surface area contributed by atoms with E-state index < -0.39 is 0 Å². The van der Waals surface area contributed by atoms with Crippen molar-refractivity contribution in [2.45, 2.75) is 38.6 Å². The zero-order valence-electron chi connectivity index (χ0n) is 14.5. The Balaban J connectivity index is 1.48. The molecule has 2 aliphatic rings. The molecule has 0 bridgehead atoms. The van der Waals surface area contributed by atoms with Crippen molar-refractivity contribution in [2.75, 3.05) is 13.7 Å². The van der Waals surface area contributed by atoms with Gasteiger partial charge < -0.3 is 10.1 Å². The van der Waals surface area contributed by atoms with E-state index >= 15 is 0 Å². The van der Waals surface area contributed by atoms with Crippen molar-refractivity contribution in [1.82, 2.24) is 10.2 Å². The summed E-state index contributed by atoms with van der Waals surface area (Å²) in [4.78, 5) is 38.1. The maximum atomic E-state index is 12.4. The normalized spacial score (nSPS) is 22.7. The number of methoxy groups -OCH3 is 1. The first-order valence-electron chi connectivity index (χ1n) is 8.85. The zero-order chi connectivity index (χ0) is 17.8. The Morgan fingerprint density at radius 2 is 1.88 bits per heavy atom. The highest BCUT2D eigenvalue weighted by Gasteiger charge is 2.47. The van der Waals surface area contributed by atoms with Crippen LogP contribution in [0.3, 0.4) is 0 Å². The van der Waals surface area contributed by atoms with Crippen molar-refractivity contribution < 1.29 is 19.1 Å². The molecule has 6 nitrogen and oxygen atoms in total. The minimum absolute atomic E-state index is 0.0877. The van der Waals surface area contributed by atoms with E-state index in [1.807, 2.05) is 24.3 Å². The molecular formula is C19H24N2O4. The Hall–Kier alpha value is -2.37. The Labute approximate surface area is 147 Å². The molecule has 0 unspecified atom stereocenters. The number of nitrogens with zero attached hydrogens (tertiary/aromatic N) is 1. The Morgan fingerprint density at radius 3 is 2.52 bits per heavy atom. The number of fused-ring (bicyclic) bond motifs is 1. The number of carbonyl (C=O) groups is 3. The molecule has 0 spiro atoms. The summed E-state index contributed by atoms with van der Waals surface area (Å²) in [6, 6.07) is 7.47.